The Bertz CT molecular complexity index is 698. The predicted molar refractivity (Wildman–Crippen MR) is 76.3 cm³/mol. The van der Waals surface area contributed by atoms with Crippen LogP contribution in [0, 0.1) is 0 Å². The van der Waals surface area contributed by atoms with Crippen LogP contribution in [0.5, 0.6) is 0 Å². The lowest BCUT2D eigenvalue weighted by molar-refractivity contribution is 0.558. The molecule has 3 aromatic heterocycles. The smallest absolute Gasteiger partial charge is 0.130 e. The maximum absolute atomic E-state index is 4.47. The fraction of sp³-hybridized carbons (Fsp3) is 0.357. The van der Waals surface area contributed by atoms with E-state index in [1.54, 1.807) is 6.20 Å². The fourth-order valence-electron chi connectivity index (χ4n) is 2.36. The number of hydrogen-bond acceptors (Lipinski definition) is 4. The van der Waals surface area contributed by atoms with Gasteiger partial charge in [0.05, 0.1) is 24.0 Å². The number of aryl methyl sites for hydroxylation is 1. The van der Waals surface area contributed by atoms with Gasteiger partial charge in [-0.15, -0.1) is 0 Å². The van der Waals surface area contributed by atoms with Crippen molar-refractivity contribution in [2.75, 3.05) is 6.54 Å². The summed E-state index contributed by atoms with van der Waals surface area (Å²) in [7, 11) is 2.01. The zero-order valence-corrected chi connectivity index (χ0v) is 11.7. The third-order valence-electron chi connectivity index (χ3n) is 3.38. The van der Waals surface area contributed by atoms with Crippen molar-refractivity contribution in [1.82, 2.24) is 29.5 Å². The van der Waals surface area contributed by atoms with Crippen molar-refractivity contribution in [1.29, 1.82) is 0 Å². The van der Waals surface area contributed by atoms with E-state index in [0.717, 1.165) is 29.9 Å². The highest BCUT2D eigenvalue weighted by atomic mass is 15.2. The third-order valence-corrected chi connectivity index (χ3v) is 3.38. The Hall–Kier alpha value is -2.21. The first-order valence-electron chi connectivity index (χ1n) is 6.79. The average molecular weight is 270 g/mol. The molecule has 3 rings (SSSR count). The van der Waals surface area contributed by atoms with Gasteiger partial charge >= 0.3 is 0 Å². The van der Waals surface area contributed by atoms with Crippen LogP contribution in [0.4, 0.5) is 0 Å². The van der Waals surface area contributed by atoms with Crippen molar-refractivity contribution in [3.63, 3.8) is 0 Å². The fourth-order valence-corrected chi connectivity index (χ4v) is 2.36. The summed E-state index contributed by atoms with van der Waals surface area (Å²) in [6.07, 6.45) is 12.2. The predicted octanol–water partition coefficient (Wildman–Crippen LogP) is 1.55. The summed E-state index contributed by atoms with van der Waals surface area (Å²) in [4.78, 5) is 8.67. The highest BCUT2D eigenvalue weighted by Gasteiger charge is 2.21. The molecule has 104 valence electrons. The van der Waals surface area contributed by atoms with Crippen LogP contribution in [0.2, 0.25) is 0 Å². The molecule has 0 saturated heterocycles. The van der Waals surface area contributed by atoms with E-state index < -0.39 is 0 Å². The van der Waals surface area contributed by atoms with E-state index in [0.29, 0.717) is 0 Å². The van der Waals surface area contributed by atoms with E-state index in [-0.39, 0.29) is 6.04 Å². The Kier molecular flexibility index (Phi) is 3.47. The first-order valence-corrected chi connectivity index (χ1v) is 6.79. The van der Waals surface area contributed by atoms with Gasteiger partial charge in [-0.05, 0) is 13.0 Å². The number of imidazole rings is 1. The van der Waals surface area contributed by atoms with Gasteiger partial charge in [0.25, 0.3) is 0 Å². The minimum absolute atomic E-state index is 0.0247. The summed E-state index contributed by atoms with van der Waals surface area (Å²) in [5, 5.41) is 7.93. The molecule has 1 unspecified atom stereocenters. The topological polar surface area (TPSA) is 60.0 Å². The molecular weight excluding hydrogens is 252 g/mol. The molecule has 0 bridgehead atoms. The second-order valence-electron chi connectivity index (χ2n) is 4.79. The van der Waals surface area contributed by atoms with Gasteiger partial charge < -0.3 is 9.88 Å². The van der Waals surface area contributed by atoms with Gasteiger partial charge in [-0.2, -0.15) is 5.10 Å². The lowest BCUT2D eigenvalue weighted by atomic mass is 10.1. The highest BCUT2D eigenvalue weighted by molar-refractivity contribution is 5.54. The molecule has 0 aliphatic rings. The largest absolute Gasteiger partial charge is 0.336 e. The van der Waals surface area contributed by atoms with Crippen LogP contribution in [0.1, 0.15) is 30.8 Å². The molecule has 0 fully saturated rings. The van der Waals surface area contributed by atoms with Gasteiger partial charge in [-0.3, -0.25) is 4.98 Å². The van der Waals surface area contributed by atoms with Crippen LogP contribution in [-0.4, -0.2) is 30.7 Å². The summed E-state index contributed by atoms with van der Waals surface area (Å²) < 4.78 is 3.87. The second-order valence-corrected chi connectivity index (χ2v) is 4.79. The molecule has 0 aliphatic carbocycles. The van der Waals surface area contributed by atoms with Crippen molar-refractivity contribution in [3.05, 3.63) is 48.6 Å². The van der Waals surface area contributed by atoms with Crippen molar-refractivity contribution in [2.45, 2.75) is 19.4 Å². The Morgan fingerprint density at radius 2 is 2.15 bits per heavy atom. The van der Waals surface area contributed by atoms with E-state index in [4.69, 9.17) is 0 Å². The molecule has 6 nitrogen and oxygen atoms in total. The standard InChI is InChI=1S/C14H18N6/c1-3-4-16-13(14-17-6-7-19(14)2)11-9-18-20-8-5-15-10-12(11)20/h5-10,13,16H,3-4H2,1-2H3. The number of hydrogen-bond donors (Lipinski definition) is 1. The molecule has 0 spiro atoms. The molecule has 6 heteroatoms. The summed E-state index contributed by atoms with van der Waals surface area (Å²) >= 11 is 0. The first kappa shape index (κ1) is 12.8. The molecule has 20 heavy (non-hydrogen) atoms. The summed E-state index contributed by atoms with van der Waals surface area (Å²) in [5.41, 5.74) is 2.10. The zero-order valence-electron chi connectivity index (χ0n) is 11.7. The van der Waals surface area contributed by atoms with E-state index in [1.165, 1.54) is 0 Å². The molecule has 0 radical (unpaired) electrons. The molecule has 0 aromatic carbocycles. The van der Waals surface area contributed by atoms with E-state index in [1.807, 2.05) is 47.1 Å². The van der Waals surface area contributed by atoms with Gasteiger partial charge in [0.1, 0.15) is 5.82 Å². The lowest BCUT2D eigenvalue weighted by Crippen LogP contribution is -2.25. The number of rotatable bonds is 5. The van der Waals surface area contributed by atoms with Gasteiger partial charge in [0.2, 0.25) is 0 Å². The molecule has 0 saturated carbocycles. The number of aromatic nitrogens is 5. The Morgan fingerprint density at radius 1 is 1.25 bits per heavy atom. The van der Waals surface area contributed by atoms with Crippen LogP contribution in [0.15, 0.2) is 37.2 Å². The van der Waals surface area contributed by atoms with Crippen LogP contribution in [0.3, 0.4) is 0 Å². The van der Waals surface area contributed by atoms with Crippen LogP contribution >= 0.6 is 0 Å². The minimum Gasteiger partial charge on any atom is -0.336 e. The second kappa shape index (κ2) is 5.42. The van der Waals surface area contributed by atoms with Crippen molar-refractivity contribution < 1.29 is 0 Å². The summed E-state index contributed by atoms with van der Waals surface area (Å²) in [5.74, 6) is 0.984. The zero-order chi connectivity index (χ0) is 13.9. The number of nitrogens with zero attached hydrogens (tertiary/aromatic N) is 5. The molecule has 3 heterocycles. The molecular formula is C14H18N6. The maximum Gasteiger partial charge on any atom is 0.130 e. The van der Waals surface area contributed by atoms with Crippen LogP contribution in [0.25, 0.3) is 5.52 Å². The maximum atomic E-state index is 4.47. The number of nitrogens with one attached hydrogen (secondary N) is 1. The van der Waals surface area contributed by atoms with Gasteiger partial charge in [0, 0.05) is 37.4 Å². The highest BCUT2D eigenvalue weighted by Crippen LogP contribution is 2.24. The van der Waals surface area contributed by atoms with Crippen molar-refractivity contribution in [3.8, 4) is 0 Å². The normalized spacial score (nSPS) is 12.9. The van der Waals surface area contributed by atoms with Gasteiger partial charge in [-0.25, -0.2) is 9.50 Å². The lowest BCUT2D eigenvalue weighted by Gasteiger charge is -2.17. The van der Waals surface area contributed by atoms with Gasteiger partial charge in [-0.1, -0.05) is 6.92 Å². The van der Waals surface area contributed by atoms with E-state index >= 15 is 0 Å². The molecule has 0 amide bonds. The molecule has 3 aromatic rings. The Morgan fingerprint density at radius 3 is 2.90 bits per heavy atom. The molecule has 1 atom stereocenters. The third kappa shape index (κ3) is 2.18. The van der Waals surface area contributed by atoms with Gasteiger partial charge in [0.15, 0.2) is 0 Å². The summed E-state index contributed by atoms with van der Waals surface area (Å²) in [6.45, 7) is 3.08. The van der Waals surface area contributed by atoms with Crippen molar-refractivity contribution in [2.24, 2.45) is 7.05 Å². The average Bonchev–Trinajstić information content (AvgIpc) is 3.07. The van der Waals surface area contributed by atoms with Crippen LogP contribution in [-0.2, 0) is 7.05 Å². The Balaban J connectivity index is 2.07. The van der Waals surface area contributed by atoms with E-state index in [9.17, 15) is 0 Å². The van der Waals surface area contributed by atoms with E-state index in [2.05, 4.69) is 27.3 Å². The Labute approximate surface area is 117 Å². The monoisotopic (exact) mass is 270 g/mol. The molecule has 0 aliphatic heterocycles. The first-order chi connectivity index (χ1) is 9.81. The minimum atomic E-state index is 0.0247. The SMILES string of the molecule is CCCNC(c1cnn2ccncc12)c1nccn1C. The van der Waals surface area contributed by atoms with Crippen LogP contribution < -0.4 is 5.32 Å². The van der Waals surface area contributed by atoms with Crippen molar-refractivity contribution >= 4 is 5.52 Å². The quantitative estimate of drug-likeness (QED) is 0.764. The molecule has 1 N–H and O–H groups in total. The number of fused-ring (bicyclic) bond motifs is 1. The summed E-state index contributed by atoms with van der Waals surface area (Å²) in [6, 6.07) is 0.0247.